The van der Waals surface area contributed by atoms with Gasteiger partial charge in [-0.2, -0.15) is 0 Å². The topological polar surface area (TPSA) is 80.2 Å². The van der Waals surface area contributed by atoms with E-state index < -0.39 is 5.56 Å². The molecule has 0 aliphatic heterocycles. The number of hydrogen-bond donors (Lipinski definition) is 2. The zero-order valence-electron chi connectivity index (χ0n) is 15.6. The highest BCUT2D eigenvalue weighted by molar-refractivity contribution is 6.04. The first kappa shape index (κ1) is 19.4. The standard InChI is InChI=1S/C20H25N3O3/c1-5-14(3)21-18(24)12-23-15(4)8-11-17(20(23)26)22-19(25)16-9-6-13(2)7-10-16/h6-11,14H,5,12H2,1-4H3,(H,21,24)(H,22,25)/t14-/m0/s1. The molecule has 6 nitrogen and oxygen atoms in total. The average Bonchev–Trinajstić information content (AvgIpc) is 2.61. The van der Waals surface area contributed by atoms with Gasteiger partial charge in [-0.1, -0.05) is 24.6 Å². The van der Waals surface area contributed by atoms with Gasteiger partial charge >= 0.3 is 0 Å². The Labute approximate surface area is 153 Å². The number of carbonyl (C=O) groups is 2. The highest BCUT2D eigenvalue weighted by atomic mass is 16.2. The lowest BCUT2D eigenvalue weighted by Crippen LogP contribution is -2.38. The molecule has 0 saturated carbocycles. The summed E-state index contributed by atoms with van der Waals surface area (Å²) in [7, 11) is 0. The van der Waals surface area contributed by atoms with Crippen molar-refractivity contribution in [1.82, 2.24) is 9.88 Å². The number of benzene rings is 1. The number of aryl methyl sites for hydroxylation is 2. The van der Waals surface area contributed by atoms with Gasteiger partial charge in [0.1, 0.15) is 12.2 Å². The first-order valence-corrected chi connectivity index (χ1v) is 8.69. The third-order valence-electron chi connectivity index (χ3n) is 4.28. The van der Waals surface area contributed by atoms with Crippen molar-refractivity contribution in [3.63, 3.8) is 0 Å². The number of pyridine rings is 1. The van der Waals surface area contributed by atoms with Gasteiger partial charge < -0.3 is 15.2 Å². The molecular weight excluding hydrogens is 330 g/mol. The summed E-state index contributed by atoms with van der Waals surface area (Å²) in [6.07, 6.45) is 0.812. The maximum Gasteiger partial charge on any atom is 0.274 e. The van der Waals surface area contributed by atoms with E-state index in [9.17, 15) is 14.4 Å². The first-order chi connectivity index (χ1) is 12.3. The van der Waals surface area contributed by atoms with Crippen LogP contribution in [0.15, 0.2) is 41.2 Å². The van der Waals surface area contributed by atoms with Gasteiger partial charge in [-0.15, -0.1) is 0 Å². The molecule has 1 aromatic heterocycles. The smallest absolute Gasteiger partial charge is 0.274 e. The predicted octanol–water partition coefficient (Wildman–Crippen LogP) is 2.63. The number of nitrogens with zero attached hydrogens (tertiary/aromatic N) is 1. The number of carbonyl (C=O) groups excluding carboxylic acids is 2. The Hall–Kier alpha value is -2.89. The Kier molecular flexibility index (Phi) is 6.33. The summed E-state index contributed by atoms with van der Waals surface area (Å²) in [5.41, 5.74) is 1.92. The fourth-order valence-electron chi connectivity index (χ4n) is 2.43. The summed E-state index contributed by atoms with van der Waals surface area (Å²) in [6.45, 7) is 7.49. The van der Waals surface area contributed by atoms with Crippen LogP contribution in [-0.4, -0.2) is 22.4 Å². The molecule has 2 N–H and O–H groups in total. The van der Waals surface area contributed by atoms with Crippen LogP contribution in [-0.2, 0) is 11.3 Å². The van der Waals surface area contributed by atoms with Crippen LogP contribution in [0.4, 0.5) is 5.69 Å². The molecule has 0 saturated heterocycles. The first-order valence-electron chi connectivity index (χ1n) is 8.69. The molecular formula is C20H25N3O3. The van der Waals surface area contributed by atoms with E-state index in [0.717, 1.165) is 12.0 Å². The Morgan fingerprint density at radius 1 is 1.08 bits per heavy atom. The van der Waals surface area contributed by atoms with Gasteiger partial charge in [0.2, 0.25) is 5.91 Å². The van der Waals surface area contributed by atoms with Gasteiger partial charge in [0.25, 0.3) is 11.5 Å². The lowest BCUT2D eigenvalue weighted by molar-refractivity contribution is -0.122. The van der Waals surface area contributed by atoms with E-state index in [2.05, 4.69) is 10.6 Å². The Bertz CT molecular complexity index is 854. The summed E-state index contributed by atoms with van der Waals surface area (Å²) in [5.74, 6) is -0.590. The SMILES string of the molecule is CC[C@H](C)NC(=O)Cn1c(C)ccc(NC(=O)c2ccc(C)cc2)c1=O. The summed E-state index contributed by atoms with van der Waals surface area (Å²) in [6, 6.07) is 10.4. The van der Waals surface area contributed by atoms with Gasteiger partial charge in [-0.05, 0) is 51.5 Å². The molecule has 0 bridgehead atoms. The molecule has 0 fully saturated rings. The minimum absolute atomic E-state index is 0.0444. The number of rotatable bonds is 6. The zero-order valence-corrected chi connectivity index (χ0v) is 15.6. The van der Waals surface area contributed by atoms with E-state index in [0.29, 0.717) is 11.3 Å². The third kappa shape index (κ3) is 4.81. The Morgan fingerprint density at radius 3 is 2.35 bits per heavy atom. The highest BCUT2D eigenvalue weighted by Crippen LogP contribution is 2.08. The van der Waals surface area contributed by atoms with Crippen molar-refractivity contribution in [1.29, 1.82) is 0 Å². The maximum absolute atomic E-state index is 12.7. The van der Waals surface area contributed by atoms with Crippen molar-refractivity contribution >= 4 is 17.5 Å². The van der Waals surface area contributed by atoms with Crippen LogP contribution >= 0.6 is 0 Å². The molecule has 0 radical (unpaired) electrons. The summed E-state index contributed by atoms with van der Waals surface area (Å²) >= 11 is 0. The summed E-state index contributed by atoms with van der Waals surface area (Å²) in [4.78, 5) is 37.1. The minimum atomic E-state index is -0.398. The Morgan fingerprint density at radius 2 is 1.73 bits per heavy atom. The molecule has 0 unspecified atom stereocenters. The van der Waals surface area contributed by atoms with Crippen LogP contribution in [0.25, 0.3) is 0 Å². The van der Waals surface area contributed by atoms with Crippen LogP contribution in [0.5, 0.6) is 0 Å². The van der Waals surface area contributed by atoms with Crippen molar-refractivity contribution < 1.29 is 9.59 Å². The number of anilines is 1. The number of aromatic nitrogens is 1. The second-order valence-electron chi connectivity index (χ2n) is 6.48. The molecule has 0 aliphatic rings. The second kappa shape index (κ2) is 8.47. The van der Waals surface area contributed by atoms with E-state index in [-0.39, 0.29) is 30.1 Å². The van der Waals surface area contributed by atoms with Crippen molar-refractivity contribution in [2.45, 2.75) is 46.7 Å². The molecule has 138 valence electrons. The van der Waals surface area contributed by atoms with Crippen molar-refractivity contribution in [2.24, 2.45) is 0 Å². The normalized spacial score (nSPS) is 11.7. The fraction of sp³-hybridized carbons (Fsp3) is 0.350. The predicted molar refractivity (Wildman–Crippen MR) is 102 cm³/mol. The van der Waals surface area contributed by atoms with Crippen LogP contribution in [0, 0.1) is 13.8 Å². The van der Waals surface area contributed by atoms with E-state index >= 15 is 0 Å². The van der Waals surface area contributed by atoms with Gasteiger partial charge in [-0.25, -0.2) is 0 Å². The number of hydrogen-bond acceptors (Lipinski definition) is 3. The quantitative estimate of drug-likeness (QED) is 0.836. The van der Waals surface area contributed by atoms with Gasteiger partial charge in [0.05, 0.1) is 0 Å². The van der Waals surface area contributed by atoms with Gasteiger partial charge in [0.15, 0.2) is 0 Å². The second-order valence-corrected chi connectivity index (χ2v) is 6.48. The molecule has 1 aromatic carbocycles. The number of amides is 2. The monoisotopic (exact) mass is 355 g/mol. The van der Waals surface area contributed by atoms with Gasteiger partial charge in [-0.3, -0.25) is 14.4 Å². The van der Waals surface area contributed by atoms with Crippen LogP contribution in [0.2, 0.25) is 0 Å². The van der Waals surface area contributed by atoms with E-state index in [1.807, 2.05) is 32.9 Å². The molecule has 2 aromatic rings. The van der Waals surface area contributed by atoms with Gasteiger partial charge in [0, 0.05) is 17.3 Å². The van der Waals surface area contributed by atoms with Crippen LogP contribution in [0.1, 0.15) is 41.9 Å². The average molecular weight is 355 g/mol. The van der Waals surface area contributed by atoms with E-state index in [4.69, 9.17) is 0 Å². The molecule has 2 rings (SSSR count). The van der Waals surface area contributed by atoms with Crippen LogP contribution in [0.3, 0.4) is 0 Å². The minimum Gasteiger partial charge on any atom is -0.352 e. The number of nitrogens with one attached hydrogen (secondary N) is 2. The molecule has 2 amide bonds. The highest BCUT2D eigenvalue weighted by Gasteiger charge is 2.14. The molecule has 1 atom stereocenters. The summed E-state index contributed by atoms with van der Waals surface area (Å²) in [5, 5.41) is 5.47. The molecule has 0 aliphatic carbocycles. The molecule has 26 heavy (non-hydrogen) atoms. The maximum atomic E-state index is 12.7. The lowest BCUT2D eigenvalue weighted by Gasteiger charge is -2.15. The third-order valence-corrected chi connectivity index (χ3v) is 4.28. The Balaban J connectivity index is 2.20. The lowest BCUT2D eigenvalue weighted by atomic mass is 10.1. The summed E-state index contributed by atoms with van der Waals surface area (Å²) < 4.78 is 1.36. The molecule has 6 heteroatoms. The van der Waals surface area contributed by atoms with Crippen molar-refractivity contribution in [2.75, 3.05) is 5.32 Å². The zero-order chi connectivity index (χ0) is 19.3. The molecule has 0 spiro atoms. The van der Waals surface area contributed by atoms with Crippen molar-refractivity contribution in [3.8, 4) is 0 Å². The largest absolute Gasteiger partial charge is 0.352 e. The van der Waals surface area contributed by atoms with Crippen LogP contribution < -0.4 is 16.2 Å². The van der Waals surface area contributed by atoms with E-state index in [1.54, 1.807) is 31.2 Å². The fourth-order valence-corrected chi connectivity index (χ4v) is 2.43. The van der Waals surface area contributed by atoms with Crippen molar-refractivity contribution in [3.05, 3.63) is 63.6 Å². The molecule has 1 heterocycles. The van der Waals surface area contributed by atoms with E-state index in [1.165, 1.54) is 4.57 Å².